The van der Waals surface area contributed by atoms with E-state index in [4.69, 9.17) is 5.10 Å². The molecule has 4 heterocycles. The van der Waals surface area contributed by atoms with Gasteiger partial charge in [-0.05, 0) is 80.3 Å². The van der Waals surface area contributed by atoms with Crippen LogP contribution in [0.5, 0.6) is 0 Å². The lowest BCUT2D eigenvalue weighted by molar-refractivity contribution is 0.703. The molecule has 5 aromatic rings. The van der Waals surface area contributed by atoms with Crippen molar-refractivity contribution in [3.05, 3.63) is 102 Å². The quantitative estimate of drug-likeness (QED) is 0.179. The Balaban J connectivity index is 1.55. The first-order chi connectivity index (χ1) is 18.4. The number of pyridine rings is 1. The smallest absolute Gasteiger partial charge is 0.116 e. The first kappa shape index (κ1) is 25.5. The number of aromatic amines is 2. The van der Waals surface area contributed by atoms with Crippen molar-refractivity contribution in [2.75, 3.05) is 0 Å². The molecule has 0 unspecified atom stereocenters. The average Bonchev–Trinajstić information content (AvgIpc) is 3.65. The predicted molar refractivity (Wildman–Crippen MR) is 163 cm³/mol. The zero-order chi connectivity index (χ0) is 26.8. The molecule has 3 N–H and O–H groups in total. The Labute approximate surface area is 227 Å². The summed E-state index contributed by atoms with van der Waals surface area (Å²) in [7, 11) is 0. The number of aryl methyl sites for hydroxylation is 1. The van der Waals surface area contributed by atoms with Gasteiger partial charge in [-0.15, -0.1) is 11.3 Å². The fourth-order valence-electron chi connectivity index (χ4n) is 4.72. The zero-order valence-electron chi connectivity index (χ0n) is 22.5. The van der Waals surface area contributed by atoms with Crippen molar-refractivity contribution in [3.63, 3.8) is 0 Å². The summed E-state index contributed by atoms with van der Waals surface area (Å²) in [6.07, 6.45) is 12.1. The molecule has 0 saturated carbocycles. The van der Waals surface area contributed by atoms with Gasteiger partial charge in [0.2, 0.25) is 0 Å². The van der Waals surface area contributed by atoms with E-state index in [0.29, 0.717) is 5.92 Å². The van der Waals surface area contributed by atoms with Crippen molar-refractivity contribution in [1.82, 2.24) is 25.5 Å². The zero-order valence-corrected chi connectivity index (χ0v) is 23.3. The van der Waals surface area contributed by atoms with Crippen LogP contribution in [-0.4, -0.2) is 20.2 Å². The van der Waals surface area contributed by atoms with Crippen LogP contribution in [0.2, 0.25) is 0 Å². The van der Waals surface area contributed by atoms with Gasteiger partial charge in [0.15, 0.2) is 0 Å². The van der Waals surface area contributed by atoms with Crippen molar-refractivity contribution in [2.45, 2.75) is 34.6 Å². The average molecular weight is 520 g/mol. The van der Waals surface area contributed by atoms with E-state index in [1.54, 1.807) is 11.3 Å². The Morgan fingerprint density at radius 2 is 1.87 bits per heavy atom. The third-order valence-electron chi connectivity index (χ3n) is 6.77. The fraction of sp³-hybridized carbons (Fsp3) is 0.188. The minimum Gasteiger partial charge on any atom is -0.359 e. The summed E-state index contributed by atoms with van der Waals surface area (Å²) in [5.74, 6) is 0.401. The first-order valence-electron chi connectivity index (χ1n) is 12.9. The molecule has 0 aliphatic heterocycles. The molecule has 0 aliphatic carbocycles. The van der Waals surface area contributed by atoms with E-state index in [0.717, 1.165) is 55.6 Å². The van der Waals surface area contributed by atoms with E-state index in [-0.39, 0.29) is 0 Å². The summed E-state index contributed by atoms with van der Waals surface area (Å²) >= 11 is 1.78. The first-order valence-corrected chi connectivity index (χ1v) is 13.7. The standard InChI is InChI=1S/C32H33N5S/c1-7-21(14-23(8-2)34-27(9-3)19(4)5)22-11-12-28-25(15-22)32(37-36-28)29-16-24-26(17-33-18-30(24)35-29)31-13-10-20(6)38-31/h7-19,34-35H,2H2,1,3-6H3,(H,36,37)/b21-7+,23-14+,27-9-. The molecule has 5 nitrogen and oxygen atoms in total. The molecule has 0 bridgehead atoms. The number of H-pyrrole nitrogens is 2. The van der Waals surface area contributed by atoms with Gasteiger partial charge < -0.3 is 10.3 Å². The second-order valence-electron chi connectivity index (χ2n) is 9.65. The number of fused-ring (bicyclic) bond motifs is 2. The predicted octanol–water partition coefficient (Wildman–Crippen LogP) is 8.77. The molecule has 1 aromatic carbocycles. The highest BCUT2D eigenvalue weighted by molar-refractivity contribution is 7.15. The number of hydrogen-bond acceptors (Lipinski definition) is 4. The van der Waals surface area contributed by atoms with Crippen molar-refractivity contribution in [2.24, 2.45) is 5.92 Å². The molecule has 0 saturated heterocycles. The van der Waals surface area contributed by atoms with Gasteiger partial charge in [-0.2, -0.15) is 5.10 Å². The largest absolute Gasteiger partial charge is 0.359 e. The molecule has 0 radical (unpaired) electrons. The SMILES string of the molecule is C=C/C(=C\C(=C/C)c1ccc2[nH]nc(-c3cc4c(-c5ccc(C)s5)cncc4[nH]3)c2c1)N/C(=C\C)C(C)C. The van der Waals surface area contributed by atoms with Gasteiger partial charge in [0, 0.05) is 43.7 Å². The highest BCUT2D eigenvalue weighted by Crippen LogP contribution is 2.36. The molecule has 38 heavy (non-hydrogen) atoms. The lowest BCUT2D eigenvalue weighted by Gasteiger charge is -2.15. The van der Waals surface area contributed by atoms with Gasteiger partial charge in [-0.1, -0.05) is 38.6 Å². The number of hydrogen-bond donors (Lipinski definition) is 3. The van der Waals surface area contributed by atoms with Gasteiger partial charge in [-0.3, -0.25) is 10.1 Å². The lowest BCUT2D eigenvalue weighted by atomic mass is 10.0. The lowest BCUT2D eigenvalue weighted by Crippen LogP contribution is -2.15. The number of rotatable bonds is 8. The monoisotopic (exact) mass is 519 g/mol. The number of aromatic nitrogens is 4. The van der Waals surface area contributed by atoms with Crippen LogP contribution in [0.4, 0.5) is 0 Å². The summed E-state index contributed by atoms with van der Waals surface area (Å²) in [6, 6.07) is 12.9. The second-order valence-corrected chi connectivity index (χ2v) is 10.9. The fourth-order valence-corrected chi connectivity index (χ4v) is 5.61. The molecule has 0 fully saturated rings. The molecule has 192 valence electrons. The van der Waals surface area contributed by atoms with E-state index in [9.17, 15) is 0 Å². The van der Waals surface area contributed by atoms with Gasteiger partial charge in [-0.25, -0.2) is 0 Å². The number of benzene rings is 1. The summed E-state index contributed by atoms with van der Waals surface area (Å²) in [6.45, 7) is 14.6. The van der Waals surface area contributed by atoms with Crippen LogP contribution >= 0.6 is 11.3 Å². The minimum atomic E-state index is 0.401. The van der Waals surface area contributed by atoms with Gasteiger partial charge >= 0.3 is 0 Å². The van der Waals surface area contributed by atoms with Crippen LogP contribution in [0, 0.1) is 12.8 Å². The second kappa shape index (κ2) is 10.7. The van der Waals surface area contributed by atoms with Gasteiger partial charge in [0.25, 0.3) is 0 Å². The molecule has 6 heteroatoms. The van der Waals surface area contributed by atoms with Crippen molar-refractivity contribution >= 4 is 38.7 Å². The van der Waals surface area contributed by atoms with Crippen LogP contribution < -0.4 is 5.32 Å². The van der Waals surface area contributed by atoms with Crippen LogP contribution in [0.1, 0.15) is 38.1 Å². The maximum absolute atomic E-state index is 4.70. The third-order valence-corrected chi connectivity index (χ3v) is 7.80. The minimum absolute atomic E-state index is 0.401. The van der Waals surface area contributed by atoms with Crippen molar-refractivity contribution in [3.8, 4) is 21.8 Å². The molecule has 0 amide bonds. The van der Waals surface area contributed by atoms with E-state index in [2.05, 4.69) is 116 Å². The molecular weight excluding hydrogens is 486 g/mol. The normalized spacial score (nSPS) is 13.2. The molecule has 5 rings (SSSR count). The Bertz CT molecular complexity index is 1720. The maximum Gasteiger partial charge on any atom is 0.116 e. The Morgan fingerprint density at radius 3 is 2.55 bits per heavy atom. The molecular formula is C32H33N5S. The summed E-state index contributed by atoms with van der Waals surface area (Å²) in [4.78, 5) is 10.5. The Morgan fingerprint density at radius 1 is 1.03 bits per heavy atom. The van der Waals surface area contributed by atoms with Gasteiger partial charge in [0.1, 0.15) is 5.69 Å². The van der Waals surface area contributed by atoms with E-state index in [1.807, 2.05) is 18.5 Å². The topological polar surface area (TPSA) is 69.4 Å². The van der Waals surface area contributed by atoms with Crippen molar-refractivity contribution < 1.29 is 0 Å². The van der Waals surface area contributed by atoms with Crippen LogP contribution in [0.15, 0.2) is 91.1 Å². The molecule has 0 aliphatic rings. The number of nitrogens with zero attached hydrogens (tertiary/aromatic N) is 2. The van der Waals surface area contributed by atoms with Crippen LogP contribution in [0.25, 0.3) is 49.2 Å². The van der Waals surface area contributed by atoms with Crippen LogP contribution in [-0.2, 0) is 0 Å². The van der Waals surface area contributed by atoms with Gasteiger partial charge in [0.05, 0.1) is 22.9 Å². The Hall–Kier alpha value is -4.16. The molecule has 4 aromatic heterocycles. The molecule has 0 spiro atoms. The summed E-state index contributed by atoms with van der Waals surface area (Å²) < 4.78 is 0. The molecule has 0 atom stereocenters. The highest BCUT2D eigenvalue weighted by Gasteiger charge is 2.15. The number of allylic oxidation sites excluding steroid dienone is 6. The summed E-state index contributed by atoms with van der Waals surface area (Å²) in [5.41, 5.74) is 9.34. The summed E-state index contributed by atoms with van der Waals surface area (Å²) in [5, 5.41) is 13.6. The van der Waals surface area contributed by atoms with Crippen molar-refractivity contribution in [1.29, 1.82) is 0 Å². The highest BCUT2D eigenvalue weighted by atomic mass is 32.1. The third kappa shape index (κ3) is 4.87. The Kier molecular flexibility index (Phi) is 7.16. The van der Waals surface area contributed by atoms with E-state index in [1.165, 1.54) is 15.5 Å². The van der Waals surface area contributed by atoms with E-state index < -0.39 is 0 Å². The van der Waals surface area contributed by atoms with E-state index >= 15 is 0 Å². The number of thiophene rings is 1. The van der Waals surface area contributed by atoms with Crippen LogP contribution in [0.3, 0.4) is 0 Å². The maximum atomic E-state index is 4.70. The number of nitrogens with one attached hydrogen (secondary N) is 3.